The zero-order chi connectivity index (χ0) is 20.1. The summed E-state index contributed by atoms with van der Waals surface area (Å²) in [5.74, 6) is -1.19. The second-order valence-electron chi connectivity index (χ2n) is 6.71. The fraction of sp³-hybridized carbons (Fsp3) is 0.353. The molecule has 1 amide bonds. The lowest BCUT2D eigenvalue weighted by Crippen LogP contribution is -2.71. The Hall–Kier alpha value is -3.24. The van der Waals surface area contributed by atoms with Crippen LogP contribution in [0.3, 0.4) is 0 Å². The number of rotatable bonds is 2. The van der Waals surface area contributed by atoms with E-state index >= 15 is 0 Å². The predicted octanol–water partition coefficient (Wildman–Crippen LogP) is 2.22. The highest BCUT2D eigenvalue weighted by Gasteiger charge is 2.53. The van der Waals surface area contributed by atoms with Gasteiger partial charge in [-0.2, -0.15) is 0 Å². The van der Waals surface area contributed by atoms with E-state index in [9.17, 15) is 28.2 Å². The molecule has 0 aliphatic carbocycles. The third kappa shape index (κ3) is 2.65. The number of hydrogen-bond acceptors (Lipinski definition) is 6. The number of phenols is 1. The van der Waals surface area contributed by atoms with Crippen molar-refractivity contribution in [2.24, 2.45) is 0 Å². The monoisotopic (exact) mass is 395 g/mol. The SMILES string of the molecule is O=C(O)N1CCN2c3cc(-c4cccc(F)c4O)nnc3NC[C@]2(C(F)F)C1. The van der Waals surface area contributed by atoms with Crippen LogP contribution >= 0.6 is 0 Å². The second kappa shape index (κ2) is 6.43. The molecule has 8 nitrogen and oxygen atoms in total. The first-order chi connectivity index (χ1) is 13.3. The summed E-state index contributed by atoms with van der Waals surface area (Å²) in [5, 5.41) is 29.9. The molecule has 0 spiro atoms. The molecule has 0 radical (unpaired) electrons. The number of nitrogens with zero attached hydrogens (tertiary/aromatic N) is 4. The minimum atomic E-state index is -2.84. The predicted molar refractivity (Wildman–Crippen MR) is 93.3 cm³/mol. The van der Waals surface area contributed by atoms with Crippen molar-refractivity contribution in [1.82, 2.24) is 15.1 Å². The molecule has 28 heavy (non-hydrogen) atoms. The molecule has 2 aliphatic rings. The normalized spacial score (nSPS) is 21.1. The van der Waals surface area contributed by atoms with Crippen LogP contribution in [-0.2, 0) is 0 Å². The van der Waals surface area contributed by atoms with Gasteiger partial charge in [-0.15, -0.1) is 10.2 Å². The summed E-state index contributed by atoms with van der Waals surface area (Å²) in [4.78, 5) is 13.7. The number of amides is 1. The molecule has 0 bridgehead atoms. The number of nitrogens with one attached hydrogen (secondary N) is 1. The Morgan fingerprint density at radius 3 is 2.79 bits per heavy atom. The van der Waals surface area contributed by atoms with Crippen molar-refractivity contribution < 1.29 is 28.2 Å². The number of fused-ring (bicyclic) bond motifs is 3. The number of aromatic nitrogens is 2. The molecule has 1 aromatic heterocycles. The van der Waals surface area contributed by atoms with E-state index in [1.165, 1.54) is 23.1 Å². The molecule has 1 fully saturated rings. The number of benzene rings is 1. The Bertz CT molecular complexity index is 944. The topological polar surface area (TPSA) is 102 Å². The van der Waals surface area contributed by atoms with Crippen molar-refractivity contribution in [3.8, 4) is 17.0 Å². The van der Waals surface area contributed by atoms with Gasteiger partial charge in [0, 0.05) is 25.2 Å². The van der Waals surface area contributed by atoms with Gasteiger partial charge in [-0.05, 0) is 18.2 Å². The van der Waals surface area contributed by atoms with E-state index in [2.05, 4.69) is 15.5 Å². The molecule has 4 rings (SSSR count). The first-order valence-corrected chi connectivity index (χ1v) is 8.46. The molecular formula is C17H16F3N5O3. The third-order valence-electron chi connectivity index (χ3n) is 5.16. The molecule has 11 heteroatoms. The van der Waals surface area contributed by atoms with Gasteiger partial charge in [0.2, 0.25) is 0 Å². The Morgan fingerprint density at radius 2 is 2.07 bits per heavy atom. The van der Waals surface area contributed by atoms with Gasteiger partial charge < -0.3 is 25.3 Å². The highest BCUT2D eigenvalue weighted by Crippen LogP contribution is 2.42. The maximum Gasteiger partial charge on any atom is 0.407 e. The van der Waals surface area contributed by atoms with Gasteiger partial charge in [-0.25, -0.2) is 18.0 Å². The molecule has 1 aromatic carbocycles. The minimum Gasteiger partial charge on any atom is -0.504 e. The molecule has 148 valence electrons. The average Bonchev–Trinajstić information content (AvgIpc) is 2.68. The molecule has 0 unspecified atom stereocenters. The third-order valence-corrected chi connectivity index (χ3v) is 5.16. The van der Waals surface area contributed by atoms with Gasteiger partial charge in [-0.3, -0.25) is 0 Å². The zero-order valence-electron chi connectivity index (χ0n) is 14.4. The minimum absolute atomic E-state index is 0.0333. The quantitative estimate of drug-likeness (QED) is 0.717. The van der Waals surface area contributed by atoms with Gasteiger partial charge in [0.15, 0.2) is 17.4 Å². The van der Waals surface area contributed by atoms with Crippen LogP contribution in [0, 0.1) is 5.82 Å². The number of aromatic hydroxyl groups is 1. The molecule has 1 atom stereocenters. The van der Waals surface area contributed by atoms with Crippen LogP contribution < -0.4 is 10.2 Å². The van der Waals surface area contributed by atoms with Crippen LogP contribution in [0.5, 0.6) is 5.75 Å². The average molecular weight is 395 g/mol. The van der Waals surface area contributed by atoms with Gasteiger partial charge in [-0.1, -0.05) is 6.07 Å². The van der Waals surface area contributed by atoms with Crippen molar-refractivity contribution in [2.75, 3.05) is 36.4 Å². The van der Waals surface area contributed by atoms with Gasteiger partial charge >= 0.3 is 6.09 Å². The Kier molecular flexibility index (Phi) is 4.16. The van der Waals surface area contributed by atoms with Crippen molar-refractivity contribution in [2.45, 2.75) is 12.0 Å². The van der Waals surface area contributed by atoms with E-state index in [-0.39, 0.29) is 43.3 Å². The van der Waals surface area contributed by atoms with E-state index in [1.807, 2.05) is 0 Å². The molecule has 3 N–H and O–H groups in total. The summed E-state index contributed by atoms with van der Waals surface area (Å²) in [6.45, 7) is -0.506. The first kappa shape index (κ1) is 18.1. The number of para-hydroxylation sites is 1. The van der Waals surface area contributed by atoms with Crippen molar-refractivity contribution >= 4 is 17.6 Å². The van der Waals surface area contributed by atoms with Crippen LogP contribution in [-0.4, -0.2) is 69.5 Å². The zero-order valence-corrected chi connectivity index (χ0v) is 14.4. The summed E-state index contributed by atoms with van der Waals surface area (Å²) in [5.41, 5.74) is -1.28. The van der Waals surface area contributed by atoms with Crippen LogP contribution in [0.4, 0.5) is 29.5 Å². The Labute approximate surface area is 157 Å². The smallest absolute Gasteiger partial charge is 0.407 e. The fourth-order valence-electron chi connectivity index (χ4n) is 3.68. The number of piperazine rings is 1. The summed E-state index contributed by atoms with van der Waals surface area (Å²) >= 11 is 0. The summed E-state index contributed by atoms with van der Waals surface area (Å²) < 4.78 is 41.9. The lowest BCUT2D eigenvalue weighted by atomic mass is 9.91. The highest BCUT2D eigenvalue weighted by atomic mass is 19.3. The Balaban J connectivity index is 1.79. The van der Waals surface area contributed by atoms with E-state index in [0.717, 1.165) is 11.0 Å². The maximum absolute atomic E-state index is 14.1. The van der Waals surface area contributed by atoms with Crippen LogP contribution in [0.1, 0.15) is 0 Å². The summed E-state index contributed by atoms with van der Waals surface area (Å²) in [7, 11) is 0. The number of carboxylic acid groups (broad SMARTS) is 1. The highest BCUT2D eigenvalue weighted by molar-refractivity contribution is 5.78. The number of phenolic OH excluding ortho intramolecular Hbond substituents is 1. The molecule has 2 aliphatic heterocycles. The van der Waals surface area contributed by atoms with E-state index in [1.54, 1.807) is 0 Å². The van der Waals surface area contributed by atoms with Crippen molar-refractivity contribution in [3.63, 3.8) is 0 Å². The number of halogens is 3. The number of anilines is 2. The van der Waals surface area contributed by atoms with E-state index in [0.29, 0.717) is 5.69 Å². The van der Waals surface area contributed by atoms with Gasteiger partial charge in [0.25, 0.3) is 6.43 Å². The Morgan fingerprint density at radius 1 is 1.29 bits per heavy atom. The van der Waals surface area contributed by atoms with E-state index in [4.69, 9.17) is 0 Å². The fourth-order valence-corrected chi connectivity index (χ4v) is 3.68. The lowest BCUT2D eigenvalue weighted by Gasteiger charge is -2.53. The summed E-state index contributed by atoms with van der Waals surface area (Å²) in [6, 6.07) is 5.35. The maximum atomic E-state index is 14.1. The molecular weight excluding hydrogens is 379 g/mol. The van der Waals surface area contributed by atoms with Gasteiger partial charge in [0.05, 0.1) is 17.9 Å². The number of carbonyl (C=O) groups is 1. The standard InChI is InChI=1S/C17H16F3N5O3/c18-10-3-1-2-9(13(10)26)11-6-12-14(23-22-11)21-7-17(15(19)20)8-24(16(27)28)4-5-25(12)17/h1-3,6,15,26H,4-5,7-8H2,(H,21,23)(H,27,28)/t17-/m1/s1. The molecule has 3 heterocycles. The summed E-state index contributed by atoms with van der Waals surface area (Å²) in [6.07, 6.45) is -4.10. The van der Waals surface area contributed by atoms with Crippen LogP contribution in [0.15, 0.2) is 24.3 Å². The number of alkyl halides is 2. The largest absolute Gasteiger partial charge is 0.504 e. The second-order valence-corrected chi connectivity index (χ2v) is 6.71. The molecule has 2 aromatic rings. The molecule has 1 saturated heterocycles. The first-order valence-electron chi connectivity index (χ1n) is 8.46. The number of hydrogen-bond donors (Lipinski definition) is 3. The molecule has 0 saturated carbocycles. The lowest BCUT2D eigenvalue weighted by molar-refractivity contribution is 0.0168. The van der Waals surface area contributed by atoms with Crippen LogP contribution in [0.2, 0.25) is 0 Å². The van der Waals surface area contributed by atoms with Crippen molar-refractivity contribution in [3.05, 3.63) is 30.1 Å². The van der Waals surface area contributed by atoms with Gasteiger partial charge in [0.1, 0.15) is 5.54 Å². The van der Waals surface area contributed by atoms with E-state index < -0.39 is 29.6 Å². The van der Waals surface area contributed by atoms with Crippen LogP contribution in [0.25, 0.3) is 11.3 Å². The van der Waals surface area contributed by atoms with Crippen molar-refractivity contribution in [1.29, 1.82) is 0 Å².